The smallest absolute Gasteiger partial charge is 0.481 e. The average Bonchev–Trinajstić information content (AvgIpc) is 2.93. The summed E-state index contributed by atoms with van der Waals surface area (Å²) in [5.74, 6) is -0.833. The van der Waals surface area contributed by atoms with E-state index in [1.54, 1.807) is 0 Å². The second-order valence-corrected chi connectivity index (χ2v) is 8.41. The fourth-order valence-corrected chi connectivity index (χ4v) is 3.31. The number of aliphatic carboxylic acids is 1. The van der Waals surface area contributed by atoms with E-state index in [4.69, 9.17) is 23.9 Å². The highest BCUT2D eigenvalue weighted by Crippen LogP contribution is 2.00. The van der Waals surface area contributed by atoms with E-state index in [1.807, 2.05) is 54.6 Å². The summed E-state index contributed by atoms with van der Waals surface area (Å²) in [6.45, 7) is 7.19. The van der Waals surface area contributed by atoms with Gasteiger partial charge in [0, 0.05) is 66.0 Å². The fraction of sp³-hybridized carbons (Fsp3) is 0.345. The van der Waals surface area contributed by atoms with E-state index in [1.165, 1.54) is 16.7 Å². The van der Waals surface area contributed by atoms with Gasteiger partial charge in [0.05, 0.1) is 0 Å². The molecular weight excluding hydrogens is 561 g/mol. The van der Waals surface area contributed by atoms with Crippen LogP contribution in [0.15, 0.2) is 91.0 Å². The molecule has 0 saturated carbocycles. The lowest BCUT2D eigenvalue weighted by molar-refractivity contribution is -0.134. The van der Waals surface area contributed by atoms with Gasteiger partial charge < -0.3 is 35.0 Å². The van der Waals surface area contributed by atoms with Crippen LogP contribution in [0.5, 0.6) is 0 Å². The minimum Gasteiger partial charge on any atom is -0.481 e. The van der Waals surface area contributed by atoms with E-state index in [2.05, 4.69) is 52.3 Å². The summed E-state index contributed by atoms with van der Waals surface area (Å²) in [5, 5.41) is 17.6. The van der Waals surface area contributed by atoms with Gasteiger partial charge in [-0.05, 0) is 16.7 Å². The molecular formula is C29H41BBrN3O5. The van der Waals surface area contributed by atoms with Crippen molar-refractivity contribution < 1.29 is 23.9 Å². The Morgan fingerprint density at radius 2 is 0.872 bits per heavy atom. The lowest BCUT2D eigenvalue weighted by Crippen LogP contribution is -2.35. The normalized spacial score (nSPS) is 10.2. The quantitative estimate of drug-likeness (QED) is 0.128. The number of halogens is 1. The molecule has 0 bridgehead atoms. The zero-order chi connectivity index (χ0) is 27.1. The van der Waals surface area contributed by atoms with Crippen LogP contribution in [0.3, 0.4) is 0 Å². The molecule has 3 rings (SSSR count). The van der Waals surface area contributed by atoms with Gasteiger partial charge in [0.15, 0.2) is 0 Å². The van der Waals surface area contributed by atoms with E-state index < -0.39 is 13.3 Å². The van der Waals surface area contributed by atoms with Crippen molar-refractivity contribution in [3.63, 3.8) is 0 Å². The largest absolute Gasteiger partial charge is 0.639 e. The molecule has 10 heteroatoms. The van der Waals surface area contributed by atoms with Gasteiger partial charge in [0.1, 0.15) is 0 Å². The molecule has 0 aliphatic rings. The molecule has 0 saturated heterocycles. The number of carboxylic acid groups (broad SMARTS) is 1. The molecule has 4 N–H and O–H groups in total. The summed E-state index contributed by atoms with van der Waals surface area (Å²) in [4.78, 5) is 9.00. The maximum atomic E-state index is 9.00. The summed E-state index contributed by atoms with van der Waals surface area (Å²) in [6, 6.07) is 31.0. The summed E-state index contributed by atoms with van der Waals surface area (Å²) in [5.41, 5.74) is 3.75. The fourth-order valence-electron chi connectivity index (χ4n) is 3.31. The van der Waals surface area contributed by atoms with Gasteiger partial charge in [0.25, 0.3) is 5.97 Å². The van der Waals surface area contributed by atoms with Gasteiger partial charge >= 0.3 is 7.32 Å². The molecule has 0 amide bonds. The second kappa shape index (κ2) is 23.3. The Labute approximate surface area is 243 Å². The Balaban J connectivity index is 0.00000142. The van der Waals surface area contributed by atoms with E-state index >= 15 is 0 Å². The molecule has 3 aromatic carbocycles. The van der Waals surface area contributed by atoms with Crippen molar-refractivity contribution in [2.24, 2.45) is 0 Å². The highest BCUT2D eigenvalue weighted by atomic mass is 79.9. The molecule has 0 fully saturated rings. The molecule has 39 heavy (non-hydrogen) atoms. The molecule has 3 aromatic rings. The van der Waals surface area contributed by atoms with Crippen LogP contribution in [0.25, 0.3) is 0 Å². The van der Waals surface area contributed by atoms with E-state index in [9.17, 15) is 0 Å². The molecule has 0 aliphatic carbocycles. The molecule has 0 spiro atoms. The summed E-state index contributed by atoms with van der Waals surface area (Å²) in [7, 11) is -0.685. The van der Waals surface area contributed by atoms with Gasteiger partial charge in [-0.15, -0.1) is 17.0 Å². The Morgan fingerprint density at radius 1 is 0.615 bits per heavy atom. The standard InChI is InChI=1S/C27H36BN3O3.C2H4O2.BrH/c1-4-10-25(11-5-1)22-29-16-19-32-28(33-20-17-30-23-26-12-6-2-7-13-26)34-21-18-31-24-27-14-8-3-9-15-27;1-2(3)4;/h1-15,29-31H,16-24H2;1H3,(H,3,4);1H. The maximum absolute atomic E-state index is 9.00. The van der Waals surface area contributed by atoms with Gasteiger partial charge in [-0.25, -0.2) is 0 Å². The second-order valence-electron chi connectivity index (χ2n) is 8.41. The van der Waals surface area contributed by atoms with Crippen molar-refractivity contribution in [1.82, 2.24) is 16.0 Å². The van der Waals surface area contributed by atoms with Gasteiger partial charge in [0.2, 0.25) is 0 Å². The van der Waals surface area contributed by atoms with Crippen LogP contribution < -0.4 is 16.0 Å². The number of hydrogen-bond donors (Lipinski definition) is 4. The topological polar surface area (TPSA) is 101 Å². The third-order valence-electron chi connectivity index (χ3n) is 5.11. The van der Waals surface area contributed by atoms with Crippen molar-refractivity contribution in [3.8, 4) is 0 Å². The number of hydrogen-bond acceptors (Lipinski definition) is 7. The first-order chi connectivity index (χ1) is 18.6. The van der Waals surface area contributed by atoms with Gasteiger partial charge in [-0.1, -0.05) is 91.0 Å². The zero-order valence-electron chi connectivity index (χ0n) is 22.6. The summed E-state index contributed by atoms with van der Waals surface area (Å²) >= 11 is 0. The lowest BCUT2D eigenvalue weighted by Gasteiger charge is -2.16. The lowest BCUT2D eigenvalue weighted by atomic mass is 10.2. The number of nitrogens with one attached hydrogen (secondary N) is 3. The number of rotatable bonds is 18. The van der Waals surface area contributed by atoms with E-state index in [0.29, 0.717) is 19.8 Å². The first-order valence-corrected chi connectivity index (χ1v) is 12.9. The van der Waals surface area contributed by atoms with Gasteiger partial charge in [-0.2, -0.15) is 0 Å². The SMILES string of the molecule is Br.CC(=O)O.c1ccc(CNCCOB(OCCNCc2ccccc2)OCCNCc2ccccc2)cc1. The molecule has 0 heterocycles. The van der Waals surface area contributed by atoms with Crippen LogP contribution in [0.4, 0.5) is 0 Å². The third kappa shape index (κ3) is 19.2. The van der Waals surface area contributed by atoms with Crippen molar-refractivity contribution in [1.29, 1.82) is 0 Å². The first kappa shape index (κ1) is 34.5. The Morgan fingerprint density at radius 3 is 1.13 bits per heavy atom. The summed E-state index contributed by atoms with van der Waals surface area (Å²) in [6.07, 6.45) is 0. The monoisotopic (exact) mass is 601 g/mol. The van der Waals surface area contributed by atoms with Crippen molar-refractivity contribution >= 4 is 30.3 Å². The van der Waals surface area contributed by atoms with E-state index in [-0.39, 0.29) is 17.0 Å². The van der Waals surface area contributed by atoms with E-state index in [0.717, 1.165) is 46.2 Å². The molecule has 0 atom stereocenters. The maximum Gasteiger partial charge on any atom is 0.639 e. The first-order valence-electron chi connectivity index (χ1n) is 12.9. The van der Waals surface area contributed by atoms with Crippen LogP contribution >= 0.6 is 17.0 Å². The predicted molar refractivity (Wildman–Crippen MR) is 162 cm³/mol. The summed E-state index contributed by atoms with van der Waals surface area (Å²) < 4.78 is 17.5. The minimum atomic E-state index is -0.833. The third-order valence-corrected chi connectivity index (χ3v) is 5.11. The number of benzene rings is 3. The van der Waals surface area contributed by atoms with Crippen molar-refractivity contribution in [2.75, 3.05) is 39.5 Å². The Kier molecular flexibility index (Phi) is 20.6. The van der Waals surface area contributed by atoms with Crippen LogP contribution in [0.1, 0.15) is 23.6 Å². The molecule has 0 radical (unpaired) electrons. The molecule has 212 valence electrons. The van der Waals surface area contributed by atoms with Crippen LogP contribution in [0.2, 0.25) is 0 Å². The number of carbonyl (C=O) groups is 1. The van der Waals surface area contributed by atoms with Crippen molar-refractivity contribution in [2.45, 2.75) is 26.6 Å². The highest BCUT2D eigenvalue weighted by molar-refractivity contribution is 8.93. The number of carboxylic acids is 1. The molecule has 0 unspecified atom stereocenters. The average molecular weight is 602 g/mol. The van der Waals surface area contributed by atoms with Crippen molar-refractivity contribution in [3.05, 3.63) is 108 Å². The highest BCUT2D eigenvalue weighted by Gasteiger charge is 2.20. The zero-order valence-corrected chi connectivity index (χ0v) is 24.3. The predicted octanol–water partition coefficient (Wildman–Crippen LogP) is 4.06. The van der Waals surface area contributed by atoms with Crippen LogP contribution in [-0.4, -0.2) is 57.9 Å². The Hall–Kier alpha value is -2.57. The Bertz CT molecular complexity index is 853. The van der Waals surface area contributed by atoms with Crippen LogP contribution in [0, 0.1) is 0 Å². The van der Waals surface area contributed by atoms with Gasteiger partial charge in [-0.3, -0.25) is 4.79 Å². The molecule has 0 aliphatic heterocycles. The molecule has 8 nitrogen and oxygen atoms in total. The van der Waals surface area contributed by atoms with Crippen LogP contribution in [-0.2, 0) is 38.4 Å². The minimum absolute atomic E-state index is 0. The molecule has 0 aromatic heterocycles.